The molecule has 448 valence electrons. The van der Waals surface area contributed by atoms with Crippen LogP contribution in [0.4, 0.5) is 0 Å². The van der Waals surface area contributed by atoms with E-state index in [1.165, 1.54) is 0 Å². The first-order valence-corrected chi connectivity index (χ1v) is 29.5. The molecule has 7 aliphatic heterocycles. The van der Waals surface area contributed by atoms with E-state index in [0.29, 0.717) is 25.3 Å². The van der Waals surface area contributed by atoms with Gasteiger partial charge in [0.1, 0.15) is 36.1 Å². The van der Waals surface area contributed by atoms with Crippen LogP contribution in [0.25, 0.3) is 0 Å². The van der Waals surface area contributed by atoms with Crippen LogP contribution in [0.15, 0.2) is 77.7 Å². The van der Waals surface area contributed by atoms with Crippen LogP contribution in [0, 0.1) is 0 Å². The molecule has 0 saturated carbocycles. The van der Waals surface area contributed by atoms with Gasteiger partial charge in [-0.25, -0.2) is 0 Å². The Kier molecular flexibility index (Phi) is 25.5. The lowest BCUT2D eigenvalue weighted by molar-refractivity contribution is 0.0677. The van der Waals surface area contributed by atoms with Crippen molar-refractivity contribution in [2.75, 3.05) is 52.7 Å². The van der Waals surface area contributed by atoms with Gasteiger partial charge in [0.25, 0.3) is 23.6 Å². The van der Waals surface area contributed by atoms with Crippen LogP contribution in [0.2, 0.25) is 0 Å². The lowest BCUT2D eigenvalue weighted by Crippen LogP contribution is -2.35. The molecule has 3 saturated heterocycles. The van der Waals surface area contributed by atoms with E-state index in [9.17, 15) is 23.4 Å². The highest BCUT2D eigenvalue weighted by molar-refractivity contribution is 7.84. The van der Waals surface area contributed by atoms with E-state index in [2.05, 4.69) is 45.0 Å². The molecule has 0 spiro atoms. The molecule has 15 nitrogen and oxygen atoms in total. The Hall–Kier alpha value is -5.81. The van der Waals surface area contributed by atoms with Crippen molar-refractivity contribution >= 4 is 34.4 Å². The van der Waals surface area contributed by atoms with Crippen molar-refractivity contribution < 1.29 is 42.3 Å². The van der Waals surface area contributed by atoms with E-state index in [-0.39, 0.29) is 95.8 Å². The third kappa shape index (κ3) is 16.7. The first-order chi connectivity index (χ1) is 36.8. The molecule has 0 radical (unpaired) electrons. The van der Waals surface area contributed by atoms with Crippen molar-refractivity contribution in [1.29, 1.82) is 0 Å². The predicted octanol–water partition coefficient (Wildman–Crippen LogP) is 11.6. The number of carbonyl (C=O) groups is 4. The van der Waals surface area contributed by atoms with Crippen molar-refractivity contribution in [3.8, 4) is 17.2 Å². The second kappa shape index (κ2) is 30.5. The Morgan fingerprint density at radius 3 is 1.28 bits per heavy atom. The Balaban J connectivity index is 0.000000230. The second-order valence-corrected chi connectivity index (χ2v) is 23.9. The van der Waals surface area contributed by atoms with Gasteiger partial charge in [0.15, 0.2) is 0 Å². The maximum absolute atomic E-state index is 12.4. The molecule has 7 aliphatic rings. The summed E-state index contributed by atoms with van der Waals surface area (Å²) in [6, 6.07) is 24.2. The number of carbonyl (C=O) groups excluding carboxylic acids is 4. The number of piperidine rings is 2. The standard InChI is InChI=1S/C17H24N2O2.C16H22N2O2.C16H21NO3.C12H15NO2S.4CH4/c1-12(2)19-11-13-4-5-15(10-16(13)17(19)20)21-14-6-8-18(3)9-7-14;1-11(2)18-10-12-3-4-14(9-15(12)16(18)19)20-13-5-7-17-8-6-13;1-11(2)17-9-12-5-6-13(8-15(12)16(17)18)20-10-14-4-3-7-19-14;1-8(2)13-7-9-4-5-10(16(3)15)6-11(9)12(13)14;;;;/h4-5,10,12,14H,6-9,11H2,1-3H3;3-4,9,11,13,17H,5-8,10H2,1-2H3;5-6,8,11,14H,3-4,7,9-10H2,1-2H3;4-6,8H,7H2,1-3H3;4*1H4. The smallest absolute Gasteiger partial charge is 0.254 e. The largest absolute Gasteiger partial charge is 0.491 e. The second-order valence-electron chi connectivity index (χ2n) is 22.5. The molecule has 1 N–H and O–H groups in total. The van der Waals surface area contributed by atoms with Crippen molar-refractivity contribution in [3.05, 3.63) is 117 Å². The minimum atomic E-state index is -1.03. The zero-order chi connectivity index (χ0) is 55.1. The Labute approximate surface area is 488 Å². The van der Waals surface area contributed by atoms with Crippen LogP contribution >= 0.6 is 0 Å². The number of nitrogens with one attached hydrogen (secondary N) is 1. The monoisotopic (exact) mass is 1140 g/mol. The van der Waals surface area contributed by atoms with Crippen molar-refractivity contribution in [1.82, 2.24) is 29.8 Å². The summed E-state index contributed by atoms with van der Waals surface area (Å²) in [4.78, 5) is 59.6. The van der Waals surface area contributed by atoms with Gasteiger partial charge in [-0.15, -0.1) is 0 Å². The maximum Gasteiger partial charge on any atom is 0.254 e. The third-order valence-electron chi connectivity index (χ3n) is 15.5. The van der Waals surface area contributed by atoms with Gasteiger partial charge in [-0.05, 0) is 185 Å². The van der Waals surface area contributed by atoms with Gasteiger partial charge in [-0.3, -0.25) is 23.4 Å². The molecular formula is C65H98N6O9S. The molecule has 4 amide bonds. The van der Waals surface area contributed by atoms with E-state index in [4.69, 9.17) is 18.9 Å². The molecule has 3 fully saturated rings. The van der Waals surface area contributed by atoms with Crippen LogP contribution < -0.4 is 19.5 Å². The molecule has 0 aromatic heterocycles. The van der Waals surface area contributed by atoms with Gasteiger partial charge < -0.3 is 48.8 Å². The van der Waals surface area contributed by atoms with Gasteiger partial charge in [0.05, 0.1) is 6.10 Å². The van der Waals surface area contributed by atoms with E-state index >= 15 is 0 Å². The highest BCUT2D eigenvalue weighted by atomic mass is 32.2. The molecule has 2 atom stereocenters. The quantitative estimate of drug-likeness (QED) is 0.144. The fourth-order valence-corrected chi connectivity index (χ4v) is 11.2. The average Bonchev–Trinajstić information content (AvgIpc) is 4.40. The number of likely N-dealkylation sites (tertiary alicyclic amines) is 1. The average molecular weight is 1140 g/mol. The summed E-state index contributed by atoms with van der Waals surface area (Å²) in [7, 11) is 1.11. The van der Waals surface area contributed by atoms with Crippen LogP contribution in [0.3, 0.4) is 0 Å². The molecule has 4 aromatic carbocycles. The molecule has 81 heavy (non-hydrogen) atoms. The van der Waals surface area contributed by atoms with Crippen LogP contribution in [0.1, 0.15) is 187 Å². The molecule has 16 heteroatoms. The maximum atomic E-state index is 12.4. The molecule has 0 aliphatic carbocycles. The van der Waals surface area contributed by atoms with Gasteiger partial charge in [-0.2, -0.15) is 0 Å². The van der Waals surface area contributed by atoms with Gasteiger partial charge in [0, 0.05) is 114 Å². The van der Waals surface area contributed by atoms with Crippen LogP contribution in [-0.4, -0.2) is 148 Å². The number of hydrogen-bond donors (Lipinski definition) is 1. The highest BCUT2D eigenvalue weighted by Gasteiger charge is 2.33. The van der Waals surface area contributed by atoms with Crippen LogP contribution in [0.5, 0.6) is 17.2 Å². The number of rotatable bonds is 12. The molecule has 0 bridgehead atoms. The van der Waals surface area contributed by atoms with E-state index in [1.54, 1.807) is 12.3 Å². The fraction of sp³-hybridized carbons (Fsp3) is 0.569. The summed E-state index contributed by atoms with van der Waals surface area (Å²) < 4.78 is 34.7. The molecule has 11 rings (SSSR count). The first kappa shape index (κ1) is 67.7. The summed E-state index contributed by atoms with van der Waals surface area (Å²) in [6.07, 6.45) is 8.72. The summed E-state index contributed by atoms with van der Waals surface area (Å²) in [6.45, 7) is 24.7. The Morgan fingerprint density at radius 2 is 0.901 bits per heavy atom. The number of ether oxygens (including phenoxy) is 4. The number of benzene rings is 4. The molecule has 2 unspecified atom stereocenters. The SMILES string of the molecule is C.C.C.C.CC(C)N1Cc2ccc(OC3CCN(C)CC3)cc2C1=O.CC(C)N1Cc2ccc(OC3CCNCC3)cc2C1=O.CC(C)N1Cc2ccc(OCC3CCCO3)cc2C1=O.CC(C)N1Cc2ccc(S(C)=O)cc2C1=O. The summed E-state index contributed by atoms with van der Waals surface area (Å²) in [5.74, 6) is 2.85. The van der Waals surface area contributed by atoms with E-state index < -0.39 is 10.8 Å². The molecular weight excluding hydrogens is 1040 g/mol. The van der Waals surface area contributed by atoms with Gasteiger partial charge >= 0.3 is 0 Å². The lowest BCUT2D eigenvalue weighted by atomic mass is 10.1. The fourth-order valence-electron chi connectivity index (χ4n) is 10.7. The zero-order valence-electron chi connectivity index (χ0n) is 47.1. The predicted molar refractivity (Wildman–Crippen MR) is 327 cm³/mol. The number of nitrogens with zero attached hydrogens (tertiary/aromatic N) is 5. The summed E-state index contributed by atoms with van der Waals surface area (Å²) in [5.41, 5.74) is 7.47. The summed E-state index contributed by atoms with van der Waals surface area (Å²) in [5, 5.41) is 3.33. The minimum absolute atomic E-state index is 0. The summed E-state index contributed by atoms with van der Waals surface area (Å²) >= 11 is 0. The third-order valence-corrected chi connectivity index (χ3v) is 16.4. The number of hydrogen-bond acceptors (Lipinski definition) is 11. The minimum Gasteiger partial charge on any atom is -0.491 e. The number of fused-ring (bicyclic) bond motifs is 4. The normalized spacial score (nSPS) is 18.7. The van der Waals surface area contributed by atoms with Gasteiger partial charge in [-0.1, -0.05) is 54.0 Å². The molecule has 7 heterocycles. The Morgan fingerprint density at radius 1 is 0.531 bits per heavy atom. The van der Waals surface area contributed by atoms with Crippen molar-refractivity contribution in [3.63, 3.8) is 0 Å². The first-order valence-electron chi connectivity index (χ1n) is 27.9. The van der Waals surface area contributed by atoms with E-state index in [1.807, 2.05) is 114 Å². The lowest BCUT2D eigenvalue weighted by Gasteiger charge is -2.29. The zero-order valence-corrected chi connectivity index (χ0v) is 47.9. The topological polar surface area (TPSA) is 150 Å². The highest BCUT2D eigenvalue weighted by Crippen LogP contribution is 2.33. The Bertz CT molecular complexity index is 2760. The van der Waals surface area contributed by atoms with Crippen molar-refractivity contribution in [2.24, 2.45) is 0 Å². The van der Waals surface area contributed by atoms with Gasteiger partial charge in [0.2, 0.25) is 0 Å². The van der Waals surface area contributed by atoms with Crippen molar-refractivity contribution in [2.45, 2.75) is 197 Å². The number of amides is 4. The van der Waals surface area contributed by atoms with Crippen LogP contribution in [-0.2, 0) is 41.7 Å². The molecule has 4 aromatic rings. The van der Waals surface area contributed by atoms with E-state index in [0.717, 1.165) is 145 Å².